The van der Waals surface area contributed by atoms with Crippen LogP contribution in [0.3, 0.4) is 0 Å². The maximum atomic E-state index is 2.32. The van der Waals surface area contributed by atoms with Gasteiger partial charge in [0.25, 0.3) is 0 Å². The van der Waals surface area contributed by atoms with Gasteiger partial charge in [-0.15, -0.1) is 0 Å². The minimum atomic E-state index is 1.09. The van der Waals surface area contributed by atoms with Gasteiger partial charge in [0.15, 0.2) is 0 Å². The fraction of sp³-hybridized carbons (Fsp3) is 1.00. The van der Waals surface area contributed by atoms with E-state index >= 15 is 0 Å². The van der Waals surface area contributed by atoms with Gasteiger partial charge >= 0.3 is 0 Å². The molecule has 0 radical (unpaired) electrons. The van der Waals surface area contributed by atoms with Crippen molar-refractivity contribution in [2.24, 2.45) is 35.5 Å². The standard InChI is InChI=1S/C37H70/c1-3-5-7-9-11-13-15-16-18-20-32-22-24-33(25-23-32)28-35-26-27-36(29-35)37-30-34(31-37)21-19-17-14-12-10-8-6-4-2/h32-37H,3-31H2,1-2H3. The van der Waals surface area contributed by atoms with E-state index in [2.05, 4.69) is 13.8 Å². The Kier molecular flexibility index (Phi) is 17.0. The van der Waals surface area contributed by atoms with E-state index < -0.39 is 0 Å². The molecule has 0 aromatic carbocycles. The third-order valence-electron chi connectivity index (χ3n) is 11.3. The molecule has 3 rings (SSSR count). The van der Waals surface area contributed by atoms with Crippen LogP contribution >= 0.6 is 0 Å². The molecular formula is C37H70. The molecule has 0 nitrogen and oxygen atoms in total. The quantitative estimate of drug-likeness (QED) is 0.126. The zero-order chi connectivity index (χ0) is 26.0. The van der Waals surface area contributed by atoms with Crippen molar-refractivity contribution in [1.29, 1.82) is 0 Å². The highest BCUT2D eigenvalue weighted by atomic mass is 14.4. The van der Waals surface area contributed by atoms with E-state index in [9.17, 15) is 0 Å². The van der Waals surface area contributed by atoms with Crippen LogP contribution in [0, 0.1) is 35.5 Å². The van der Waals surface area contributed by atoms with Crippen LogP contribution in [0.25, 0.3) is 0 Å². The average Bonchev–Trinajstić information content (AvgIpc) is 3.34. The van der Waals surface area contributed by atoms with E-state index in [1.165, 1.54) is 109 Å². The minimum absolute atomic E-state index is 1.09. The molecule has 3 aliphatic rings. The van der Waals surface area contributed by atoms with Gasteiger partial charge < -0.3 is 0 Å². The van der Waals surface area contributed by atoms with Crippen LogP contribution in [0.2, 0.25) is 0 Å². The van der Waals surface area contributed by atoms with Crippen LogP contribution < -0.4 is 0 Å². The van der Waals surface area contributed by atoms with Gasteiger partial charge in [-0.3, -0.25) is 0 Å². The second-order valence-electron chi connectivity index (χ2n) is 14.5. The molecule has 37 heavy (non-hydrogen) atoms. The Morgan fingerprint density at radius 3 is 1.30 bits per heavy atom. The molecule has 2 atom stereocenters. The van der Waals surface area contributed by atoms with Gasteiger partial charge in [0, 0.05) is 0 Å². The maximum absolute atomic E-state index is 2.32. The summed E-state index contributed by atoms with van der Waals surface area (Å²) >= 11 is 0. The third-order valence-corrected chi connectivity index (χ3v) is 11.3. The Hall–Kier alpha value is 0. The molecule has 218 valence electrons. The topological polar surface area (TPSA) is 0 Å². The number of rotatable bonds is 22. The van der Waals surface area contributed by atoms with Crippen LogP contribution in [0.4, 0.5) is 0 Å². The lowest BCUT2D eigenvalue weighted by Gasteiger charge is -2.40. The van der Waals surface area contributed by atoms with Crippen LogP contribution in [0.5, 0.6) is 0 Å². The molecule has 2 unspecified atom stereocenters. The smallest absolute Gasteiger partial charge is 0.0380 e. The first-order chi connectivity index (χ1) is 18.3. The van der Waals surface area contributed by atoms with Gasteiger partial charge in [-0.1, -0.05) is 168 Å². The first-order valence-electron chi connectivity index (χ1n) is 18.3. The van der Waals surface area contributed by atoms with E-state index in [0.29, 0.717) is 0 Å². The molecule has 0 saturated heterocycles. The molecule has 0 N–H and O–H groups in total. The van der Waals surface area contributed by atoms with Crippen molar-refractivity contribution >= 4 is 0 Å². The largest absolute Gasteiger partial charge is 0.0654 e. The lowest BCUT2D eigenvalue weighted by atomic mass is 9.66. The first-order valence-corrected chi connectivity index (χ1v) is 18.3. The van der Waals surface area contributed by atoms with Crippen LogP contribution in [-0.2, 0) is 0 Å². The lowest BCUT2D eigenvalue weighted by molar-refractivity contribution is 0.112. The highest BCUT2D eigenvalue weighted by Crippen LogP contribution is 2.50. The molecule has 0 heterocycles. The fourth-order valence-electron chi connectivity index (χ4n) is 8.70. The highest BCUT2D eigenvalue weighted by Gasteiger charge is 2.38. The second-order valence-corrected chi connectivity index (χ2v) is 14.5. The van der Waals surface area contributed by atoms with Crippen molar-refractivity contribution in [2.45, 2.75) is 200 Å². The van der Waals surface area contributed by atoms with E-state index in [1.807, 2.05) is 0 Å². The molecule has 0 aromatic heterocycles. The number of hydrogen-bond donors (Lipinski definition) is 0. The molecule has 3 fully saturated rings. The molecule has 3 saturated carbocycles. The summed E-state index contributed by atoms with van der Waals surface area (Å²) in [6, 6.07) is 0. The normalized spacial score (nSPS) is 30.0. The molecule has 0 aliphatic heterocycles. The monoisotopic (exact) mass is 515 g/mol. The van der Waals surface area contributed by atoms with E-state index in [-0.39, 0.29) is 0 Å². The van der Waals surface area contributed by atoms with Crippen molar-refractivity contribution in [3.05, 3.63) is 0 Å². The summed E-state index contributed by atoms with van der Waals surface area (Å²) in [6.45, 7) is 4.64. The van der Waals surface area contributed by atoms with Gasteiger partial charge in [-0.05, 0) is 67.6 Å². The van der Waals surface area contributed by atoms with Crippen LogP contribution in [0.1, 0.15) is 200 Å². The maximum Gasteiger partial charge on any atom is -0.0380 e. The Morgan fingerprint density at radius 1 is 0.351 bits per heavy atom. The van der Waals surface area contributed by atoms with Gasteiger partial charge in [0.05, 0.1) is 0 Å². The van der Waals surface area contributed by atoms with Gasteiger partial charge in [0.2, 0.25) is 0 Å². The van der Waals surface area contributed by atoms with Crippen LogP contribution in [-0.4, -0.2) is 0 Å². The molecule has 0 aromatic rings. The van der Waals surface area contributed by atoms with Crippen molar-refractivity contribution in [3.8, 4) is 0 Å². The zero-order valence-corrected chi connectivity index (χ0v) is 26.0. The number of hydrogen-bond acceptors (Lipinski definition) is 0. The zero-order valence-electron chi connectivity index (χ0n) is 26.0. The van der Waals surface area contributed by atoms with Crippen molar-refractivity contribution < 1.29 is 0 Å². The second kappa shape index (κ2) is 20.0. The van der Waals surface area contributed by atoms with Crippen LogP contribution in [0.15, 0.2) is 0 Å². The minimum Gasteiger partial charge on any atom is -0.0654 e. The van der Waals surface area contributed by atoms with Crippen molar-refractivity contribution in [2.75, 3.05) is 0 Å². The fourth-order valence-corrected chi connectivity index (χ4v) is 8.70. The summed E-state index contributed by atoms with van der Waals surface area (Å²) in [5.74, 6) is 6.67. The van der Waals surface area contributed by atoms with Gasteiger partial charge in [0.1, 0.15) is 0 Å². The summed E-state index contributed by atoms with van der Waals surface area (Å²) < 4.78 is 0. The first kappa shape index (κ1) is 31.5. The molecule has 0 heteroatoms. The summed E-state index contributed by atoms with van der Waals surface area (Å²) in [5.41, 5.74) is 0. The van der Waals surface area contributed by atoms with E-state index in [4.69, 9.17) is 0 Å². The molecule has 0 amide bonds. The Morgan fingerprint density at radius 2 is 0.757 bits per heavy atom. The number of unbranched alkanes of at least 4 members (excludes halogenated alkanes) is 15. The highest BCUT2D eigenvalue weighted by molar-refractivity contribution is 4.90. The predicted molar refractivity (Wildman–Crippen MR) is 166 cm³/mol. The molecular weight excluding hydrogens is 444 g/mol. The van der Waals surface area contributed by atoms with Gasteiger partial charge in [-0.2, -0.15) is 0 Å². The summed E-state index contributed by atoms with van der Waals surface area (Å²) in [7, 11) is 0. The SMILES string of the molecule is CCCCCCCCCCCC1CCC(CC2CCC(C3CC(CCCCCCCCCC)C3)C2)CC1. The predicted octanol–water partition coefficient (Wildman–Crippen LogP) is 13.1. The summed E-state index contributed by atoms with van der Waals surface area (Å²) in [6.07, 6.45) is 44.2. The van der Waals surface area contributed by atoms with E-state index in [1.54, 1.807) is 77.0 Å². The molecule has 0 bridgehead atoms. The molecule has 3 aliphatic carbocycles. The van der Waals surface area contributed by atoms with Gasteiger partial charge in [-0.25, -0.2) is 0 Å². The Bertz CT molecular complexity index is 508. The van der Waals surface area contributed by atoms with Crippen molar-refractivity contribution in [1.82, 2.24) is 0 Å². The Balaban J connectivity index is 1.12. The lowest BCUT2D eigenvalue weighted by Crippen LogP contribution is -2.29. The Labute approximate surface area is 235 Å². The summed E-state index contributed by atoms with van der Waals surface area (Å²) in [5, 5.41) is 0. The summed E-state index contributed by atoms with van der Waals surface area (Å²) in [4.78, 5) is 0. The molecule has 0 spiro atoms. The van der Waals surface area contributed by atoms with Crippen molar-refractivity contribution in [3.63, 3.8) is 0 Å². The third kappa shape index (κ3) is 13.3. The van der Waals surface area contributed by atoms with E-state index in [0.717, 1.165) is 35.5 Å². The average molecular weight is 515 g/mol.